The summed E-state index contributed by atoms with van der Waals surface area (Å²) in [7, 11) is 0. The second kappa shape index (κ2) is 6.60. The van der Waals surface area contributed by atoms with Crippen LogP contribution < -0.4 is 11.1 Å². The number of H-pyrrole nitrogens is 1. The quantitative estimate of drug-likeness (QED) is 0.423. The third kappa shape index (κ3) is 2.92. The lowest BCUT2D eigenvalue weighted by atomic mass is 10.2. The Hall–Kier alpha value is -2.93. The molecule has 0 aliphatic heterocycles. The molecule has 1 aliphatic rings. The van der Waals surface area contributed by atoms with Crippen molar-refractivity contribution in [2.24, 2.45) is 0 Å². The Bertz CT molecular complexity index is 1320. The highest BCUT2D eigenvalue weighted by molar-refractivity contribution is 7.99. The van der Waals surface area contributed by atoms with Crippen molar-refractivity contribution in [1.82, 2.24) is 19.5 Å². The van der Waals surface area contributed by atoms with Gasteiger partial charge in [0.25, 0.3) is 11.1 Å². The summed E-state index contributed by atoms with van der Waals surface area (Å²) >= 11 is 1.46. The average Bonchev–Trinajstić information content (AvgIpc) is 3.53. The first kappa shape index (κ1) is 17.2. The van der Waals surface area contributed by atoms with Crippen LogP contribution >= 0.6 is 11.8 Å². The maximum absolute atomic E-state index is 13.0. The molecule has 5 rings (SSSR count). The van der Waals surface area contributed by atoms with Gasteiger partial charge in [-0.2, -0.15) is 0 Å². The number of para-hydroxylation sites is 2. The van der Waals surface area contributed by atoms with Crippen molar-refractivity contribution in [3.63, 3.8) is 0 Å². The number of aromatic nitrogens is 4. The minimum Gasteiger partial charge on any atom is -0.309 e. The molecule has 1 saturated carbocycles. The molecule has 2 heterocycles. The van der Waals surface area contributed by atoms with Gasteiger partial charge in [-0.25, -0.2) is 9.97 Å². The van der Waals surface area contributed by atoms with Crippen LogP contribution in [0.25, 0.3) is 21.8 Å². The van der Waals surface area contributed by atoms with E-state index < -0.39 is 0 Å². The Morgan fingerprint density at radius 2 is 1.64 bits per heavy atom. The molecule has 7 heteroatoms. The predicted molar refractivity (Wildman–Crippen MR) is 111 cm³/mol. The summed E-state index contributed by atoms with van der Waals surface area (Å²) in [5, 5.41) is 1.73. The normalized spacial score (nSPS) is 15.2. The molecule has 1 aliphatic carbocycles. The molecule has 0 spiro atoms. The summed E-state index contributed by atoms with van der Waals surface area (Å²) in [5.74, 6) is 0.582. The Labute approximate surface area is 164 Å². The monoisotopic (exact) mass is 390 g/mol. The Morgan fingerprint density at radius 3 is 2.36 bits per heavy atom. The standard InChI is InChI=1S/C21H18N4O2S/c1-12(18-22-16-8-4-2-6-14(16)19(26)24-18)28-21-23-17-9-5-3-7-15(17)20(27)25(21)13-10-11-13/h2-9,12-13H,10-11H2,1H3,(H,22,24,26)/t12-/m0/s1. The summed E-state index contributed by atoms with van der Waals surface area (Å²) in [4.78, 5) is 37.7. The highest BCUT2D eigenvalue weighted by Crippen LogP contribution is 2.40. The number of thioether (sulfide) groups is 1. The molecule has 0 amide bonds. The number of nitrogens with one attached hydrogen (secondary N) is 1. The second-order valence-electron chi connectivity index (χ2n) is 7.05. The van der Waals surface area contributed by atoms with Crippen molar-refractivity contribution >= 4 is 33.6 Å². The molecule has 28 heavy (non-hydrogen) atoms. The van der Waals surface area contributed by atoms with Crippen LogP contribution in [0.15, 0.2) is 63.3 Å². The van der Waals surface area contributed by atoms with Crippen LogP contribution in [0.5, 0.6) is 0 Å². The molecular weight excluding hydrogens is 372 g/mol. The van der Waals surface area contributed by atoms with Gasteiger partial charge in [0.05, 0.1) is 27.1 Å². The molecule has 0 saturated heterocycles. The second-order valence-corrected chi connectivity index (χ2v) is 8.35. The molecule has 1 fully saturated rings. The highest BCUT2D eigenvalue weighted by atomic mass is 32.2. The lowest BCUT2D eigenvalue weighted by molar-refractivity contribution is 0.616. The van der Waals surface area contributed by atoms with E-state index in [9.17, 15) is 9.59 Å². The van der Waals surface area contributed by atoms with Gasteiger partial charge < -0.3 is 4.98 Å². The van der Waals surface area contributed by atoms with Crippen molar-refractivity contribution in [2.45, 2.75) is 36.2 Å². The third-order valence-electron chi connectivity index (χ3n) is 4.99. The van der Waals surface area contributed by atoms with Crippen molar-refractivity contribution in [3.8, 4) is 0 Å². The first-order chi connectivity index (χ1) is 13.6. The van der Waals surface area contributed by atoms with Gasteiger partial charge in [-0.3, -0.25) is 14.2 Å². The van der Waals surface area contributed by atoms with Gasteiger partial charge in [-0.05, 0) is 44.0 Å². The molecular formula is C21H18N4O2S. The SMILES string of the molecule is C[C@H](Sc1nc2ccccc2c(=O)n1C1CC1)c1nc2ccccc2c(=O)[nH]1. The number of hydrogen-bond donors (Lipinski definition) is 1. The van der Waals surface area contributed by atoms with Crippen molar-refractivity contribution in [3.05, 3.63) is 75.1 Å². The zero-order valence-corrected chi connectivity index (χ0v) is 16.1. The molecule has 2 aromatic heterocycles. The van der Waals surface area contributed by atoms with E-state index in [4.69, 9.17) is 4.98 Å². The fraction of sp³-hybridized carbons (Fsp3) is 0.238. The molecule has 2 aromatic carbocycles. The van der Waals surface area contributed by atoms with E-state index in [2.05, 4.69) is 9.97 Å². The maximum atomic E-state index is 13.0. The molecule has 4 aromatic rings. The molecule has 1 N–H and O–H groups in total. The summed E-state index contributed by atoms with van der Waals surface area (Å²) in [5.41, 5.74) is 1.21. The zero-order valence-electron chi connectivity index (χ0n) is 15.3. The molecule has 140 valence electrons. The number of rotatable bonds is 4. The van der Waals surface area contributed by atoms with E-state index in [-0.39, 0.29) is 22.4 Å². The van der Waals surface area contributed by atoms with Gasteiger partial charge in [0.15, 0.2) is 5.16 Å². The number of aromatic amines is 1. The molecule has 6 nitrogen and oxygen atoms in total. The van der Waals surface area contributed by atoms with Gasteiger partial charge in [-0.1, -0.05) is 36.0 Å². The minimum atomic E-state index is -0.157. The van der Waals surface area contributed by atoms with Crippen molar-refractivity contribution < 1.29 is 0 Å². The molecule has 0 unspecified atom stereocenters. The van der Waals surface area contributed by atoms with Crippen LogP contribution in [-0.2, 0) is 0 Å². The summed E-state index contributed by atoms with van der Waals surface area (Å²) < 4.78 is 1.81. The summed E-state index contributed by atoms with van der Waals surface area (Å²) in [6, 6.07) is 14.9. The number of fused-ring (bicyclic) bond motifs is 2. The van der Waals surface area contributed by atoms with Gasteiger partial charge in [-0.15, -0.1) is 0 Å². The molecule has 1 atom stereocenters. The lowest BCUT2D eigenvalue weighted by Gasteiger charge is -2.16. The minimum absolute atomic E-state index is 0.00256. The molecule has 0 radical (unpaired) electrons. The van der Waals surface area contributed by atoms with Gasteiger partial charge in [0.1, 0.15) is 5.82 Å². The van der Waals surface area contributed by atoms with E-state index >= 15 is 0 Å². The van der Waals surface area contributed by atoms with E-state index in [0.717, 1.165) is 12.8 Å². The molecule has 0 bridgehead atoms. The van der Waals surface area contributed by atoms with Crippen LogP contribution in [-0.4, -0.2) is 19.5 Å². The Kier molecular flexibility index (Phi) is 4.05. The van der Waals surface area contributed by atoms with Gasteiger partial charge in [0, 0.05) is 6.04 Å². The first-order valence-electron chi connectivity index (χ1n) is 9.29. The fourth-order valence-corrected chi connectivity index (χ4v) is 4.41. The van der Waals surface area contributed by atoms with Crippen LogP contribution in [0.3, 0.4) is 0 Å². The third-order valence-corrected chi connectivity index (χ3v) is 6.06. The number of hydrogen-bond acceptors (Lipinski definition) is 5. The largest absolute Gasteiger partial charge is 0.309 e. The summed E-state index contributed by atoms with van der Waals surface area (Å²) in [6.07, 6.45) is 1.99. The lowest BCUT2D eigenvalue weighted by Crippen LogP contribution is -2.23. The van der Waals surface area contributed by atoms with Crippen LogP contribution in [0, 0.1) is 0 Å². The average molecular weight is 390 g/mol. The van der Waals surface area contributed by atoms with E-state index in [1.807, 2.05) is 54.0 Å². The number of nitrogens with zero attached hydrogens (tertiary/aromatic N) is 3. The Balaban J connectivity index is 1.59. The predicted octanol–water partition coefficient (Wildman–Crippen LogP) is 3.82. The number of benzene rings is 2. The fourth-order valence-electron chi connectivity index (χ4n) is 3.37. The van der Waals surface area contributed by atoms with E-state index in [1.165, 1.54) is 11.8 Å². The van der Waals surface area contributed by atoms with Gasteiger partial charge >= 0.3 is 0 Å². The topological polar surface area (TPSA) is 80.6 Å². The Morgan fingerprint density at radius 1 is 1.00 bits per heavy atom. The summed E-state index contributed by atoms with van der Waals surface area (Å²) in [6.45, 7) is 1.97. The van der Waals surface area contributed by atoms with Crippen LogP contribution in [0.4, 0.5) is 0 Å². The maximum Gasteiger partial charge on any atom is 0.262 e. The van der Waals surface area contributed by atoms with Crippen molar-refractivity contribution in [1.29, 1.82) is 0 Å². The van der Waals surface area contributed by atoms with Crippen LogP contribution in [0.1, 0.15) is 36.9 Å². The van der Waals surface area contributed by atoms with Crippen LogP contribution in [0.2, 0.25) is 0 Å². The van der Waals surface area contributed by atoms with E-state index in [1.54, 1.807) is 6.07 Å². The first-order valence-corrected chi connectivity index (χ1v) is 10.2. The smallest absolute Gasteiger partial charge is 0.262 e. The van der Waals surface area contributed by atoms with E-state index in [0.29, 0.717) is 32.8 Å². The zero-order chi connectivity index (χ0) is 19.3. The van der Waals surface area contributed by atoms with Crippen molar-refractivity contribution in [2.75, 3.05) is 0 Å². The van der Waals surface area contributed by atoms with Gasteiger partial charge in [0.2, 0.25) is 0 Å². The highest BCUT2D eigenvalue weighted by Gasteiger charge is 2.29.